The van der Waals surface area contributed by atoms with Crippen LogP contribution in [0, 0.1) is 0 Å². The lowest BCUT2D eigenvalue weighted by atomic mass is 9.98. The van der Waals surface area contributed by atoms with Crippen molar-refractivity contribution in [2.75, 3.05) is 6.61 Å². The maximum atomic E-state index is 11.8. The molecule has 1 unspecified atom stereocenters. The quantitative estimate of drug-likeness (QED) is 0.882. The summed E-state index contributed by atoms with van der Waals surface area (Å²) in [6, 6.07) is 12.0. The summed E-state index contributed by atoms with van der Waals surface area (Å²) < 4.78 is 11.1. The van der Waals surface area contributed by atoms with E-state index in [0.29, 0.717) is 13.0 Å². The maximum Gasteiger partial charge on any atom is 0.268 e. The van der Waals surface area contributed by atoms with Gasteiger partial charge in [0.05, 0.1) is 6.61 Å². The van der Waals surface area contributed by atoms with Crippen molar-refractivity contribution in [2.24, 2.45) is 0 Å². The molecule has 1 aliphatic heterocycles. The second-order valence-corrected chi connectivity index (χ2v) is 5.15. The van der Waals surface area contributed by atoms with Gasteiger partial charge in [-0.2, -0.15) is 0 Å². The van der Waals surface area contributed by atoms with E-state index < -0.39 is 6.10 Å². The number of rotatable bonds is 4. The molecule has 4 nitrogen and oxygen atoms in total. The summed E-state index contributed by atoms with van der Waals surface area (Å²) in [5.41, 5.74) is 0.972. The van der Waals surface area contributed by atoms with E-state index >= 15 is 0 Å². The Morgan fingerprint density at radius 2 is 2.10 bits per heavy atom. The van der Waals surface area contributed by atoms with Crippen molar-refractivity contribution in [3.8, 4) is 5.75 Å². The number of fused-ring (bicyclic) bond motifs is 1. The third-order valence-corrected chi connectivity index (χ3v) is 3.65. The highest BCUT2D eigenvalue weighted by atomic mass is 32.1. The highest BCUT2D eigenvalue weighted by Crippen LogP contribution is 2.30. The number of hydrogen-bond acceptors (Lipinski definition) is 4. The number of carbonyl (C=O) groups excluding carboxylic acids is 1. The Morgan fingerprint density at radius 3 is 2.81 bits per heavy atom. The molecule has 1 N–H and O–H groups in total. The Labute approximate surface area is 128 Å². The van der Waals surface area contributed by atoms with Gasteiger partial charge in [-0.05, 0) is 36.0 Å². The number of hydrogen-bond donors (Lipinski definition) is 1. The van der Waals surface area contributed by atoms with Crippen molar-refractivity contribution in [2.45, 2.75) is 19.4 Å². The lowest BCUT2D eigenvalue weighted by Gasteiger charge is -2.15. The number of thiocarbonyl (C=S) groups is 1. The molecule has 3 rings (SSSR count). The third-order valence-electron chi connectivity index (χ3n) is 3.45. The second kappa shape index (κ2) is 5.69. The number of carbonyl (C=O) groups is 1. The van der Waals surface area contributed by atoms with Crippen LogP contribution in [0.25, 0.3) is 10.8 Å². The van der Waals surface area contributed by atoms with E-state index in [2.05, 4.69) is 5.32 Å². The fraction of sp³-hybridized carbons (Fsp3) is 0.250. The average Bonchev–Trinajstić information content (AvgIpc) is 2.79. The minimum absolute atomic E-state index is 0.142. The number of benzene rings is 2. The van der Waals surface area contributed by atoms with Crippen molar-refractivity contribution in [3.63, 3.8) is 0 Å². The average molecular weight is 301 g/mol. The lowest BCUT2D eigenvalue weighted by molar-refractivity contribution is -0.123. The van der Waals surface area contributed by atoms with E-state index in [9.17, 15) is 4.79 Å². The molecule has 1 amide bonds. The summed E-state index contributed by atoms with van der Waals surface area (Å²) in [6.45, 7) is 2.51. The summed E-state index contributed by atoms with van der Waals surface area (Å²) in [6.07, 6.45) is -0.162. The third kappa shape index (κ3) is 2.69. The van der Waals surface area contributed by atoms with E-state index in [1.165, 1.54) is 0 Å². The minimum atomic E-state index is -0.595. The molecule has 0 radical (unpaired) electrons. The zero-order chi connectivity index (χ0) is 14.8. The van der Waals surface area contributed by atoms with E-state index in [0.717, 1.165) is 22.1 Å². The Morgan fingerprint density at radius 1 is 1.29 bits per heavy atom. The first-order chi connectivity index (χ1) is 10.2. The summed E-state index contributed by atoms with van der Waals surface area (Å²) in [5.74, 6) is 0.584. The van der Waals surface area contributed by atoms with Crippen LogP contribution in [-0.4, -0.2) is 23.8 Å². The fourth-order valence-electron chi connectivity index (χ4n) is 2.53. The maximum absolute atomic E-state index is 11.8. The van der Waals surface area contributed by atoms with Crippen LogP contribution in [0.15, 0.2) is 36.4 Å². The second-order valence-electron chi connectivity index (χ2n) is 4.78. The Kier molecular flexibility index (Phi) is 3.75. The first-order valence-corrected chi connectivity index (χ1v) is 7.24. The van der Waals surface area contributed by atoms with Crippen molar-refractivity contribution in [1.29, 1.82) is 0 Å². The molecule has 1 saturated heterocycles. The standard InChI is InChI=1S/C16H15NO3S/c1-2-19-13-8-7-10-5-3-4-6-11(10)12(13)9-14-15(18)17-16(21)20-14/h3-8,14H,2,9H2,1H3,(H,17,18,21). The molecule has 0 spiro atoms. The van der Waals surface area contributed by atoms with Crippen LogP contribution >= 0.6 is 12.2 Å². The first-order valence-electron chi connectivity index (χ1n) is 6.84. The number of nitrogens with one attached hydrogen (secondary N) is 1. The Bertz CT molecular complexity index is 714. The van der Waals surface area contributed by atoms with Crippen molar-refractivity contribution in [3.05, 3.63) is 42.0 Å². The van der Waals surface area contributed by atoms with Crippen LogP contribution < -0.4 is 10.1 Å². The number of ether oxygens (including phenoxy) is 2. The molecule has 21 heavy (non-hydrogen) atoms. The molecule has 0 aromatic heterocycles. The van der Waals surface area contributed by atoms with Gasteiger partial charge < -0.3 is 9.47 Å². The molecule has 1 aliphatic rings. The van der Waals surface area contributed by atoms with Gasteiger partial charge in [-0.3, -0.25) is 10.1 Å². The summed E-state index contributed by atoms with van der Waals surface area (Å²) in [5, 5.41) is 4.83. The topological polar surface area (TPSA) is 47.6 Å². The first kappa shape index (κ1) is 13.8. The van der Waals surface area contributed by atoms with Gasteiger partial charge in [-0.1, -0.05) is 30.3 Å². The summed E-state index contributed by atoms with van der Waals surface area (Å²) >= 11 is 4.88. The molecule has 1 heterocycles. The molecule has 2 aromatic rings. The van der Waals surface area contributed by atoms with E-state index in [1.54, 1.807) is 0 Å². The molecule has 1 fully saturated rings. The molecule has 0 bridgehead atoms. The Hall–Kier alpha value is -2.14. The van der Waals surface area contributed by atoms with Crippen molar-refractivity contribution in [1.82, 2.24) is 5.32 Å². The van der Waals surface area contributed by atoms with Crippen LogP contribution in [-0.2, 0) is 16.0 Å². The molecular formula is C16H15NO3S. The predicted octanol–water partition coefficient (Wildman–Crippen LogP) is 2.58. The van der Waals surface area contributed by atoms with Crippen LogP contribution in [0.1, 0.15) is 12.5 Å². The molecule has 0 aliphatic carbocycles. The monoisotopic (exact) mass is 301 g/mol. The summed E-state index contributed by atoms with van der Waals surface area (Å²) in [7, 11) is 0. The van der Waals surface area contributed by atoms with Gasteiger partial charge in [0.2, 0.25) is 0 Å². The summed E-state index contributed by atoms with van der Waals surface area (Å²) in [4.78, 5) is 11.8. The van der Waals surface area contributed by atoms with Crippen LogP contribution in [0.4, 0.5) is 0 Å². The molecule has 0 saturated carbocycles. The lowest BCUT2D eigenvalue weighted by Crippen LogP contribution is -2.26. The molecule has 1 atom stereocenters. The van der Waals surface area contributed by atoms with Gasteiger partial charge in [0.1, 0.15) is 5.75 Å². The highest BCUT2D eigenvalue weighted by Gasteiger charge is 2.31. The van der Waals surface area contributed by atoms with E-state index in [4.69, 9.17) is 21.7 Å². The fourth-order valence-corrected chi connectivity index (χ4v) is 2.75. The van der Waals surface area contributed by atoms with Crippen molar-refractivity contribution >= 4 is 34.1 Å². The molecule has 108 valence electrons. The van der Waals surface area contributed by atoms with Gasteiger partial charge in [-0.25, -0.2) is 0 Å². The number of amides is 1. The predicted molar refractivity (Wildman–Crippen MR) is 84.4 cm³/mol. The largest absolute Gasteiger partial charge is 0.494 e. The SMILES string of the molecule is CCOc1ccc2ccccc2c1CC1OC(=S)NC1=O. The highest BCUT2D eigenvalue weighted by molar-refractivity contribution is 7.80. The smallest absolute Gasteiger partial charge is 0.268 e. The Balaban J connectivity index is 2.03. The van der Waals surface area contributed by atoms with Crippen LogP contribution in [0.5, 0.6) is 5.75 Å². The van der Waals surface area contributed by atoms with Crippen LogP contribution in [0.2, 0.25) is 0 Å². The minimum Gasteiger partial charge on any atom is -0.494 e. The molecule has 2 aromatic carbocycles. The van der Waals surface area contributed by atoms with Gasteiger partial charge in [0.25, 0.3) is 11.1 Å². The zero-order valence-corrected chi connectivity index (χ0v) is 12.4. The normalized spacial score (nSPS) is 17.7. The van der Waals surface area contributed by atoms with E-state index in [1.807, 2.05) is 43.3 Å². The zero-order valence-electron chi connectivity index (χ0n) is 11.6. The van der Waals surface area contributed by atoms with Gasteiger partial charge in [0.15, 0.2) is 6.10 Å². The van der Waals surface area contributed by atoms with Crippen LogP contribution in [0.3, 0.4) is 0 Å². The molecule has 5 heteroatoms. The van der Waals surface area contributed by atoms with Gasteiger partial charge >= 0.3 is 0 Å². The van der Waals surface area contributed by atoms with E-state index in [-0.39, 0.29) is 11.1 Å². The van der Waals surface area contributed by atoms with Gasteiger partial charge in [0, 0.05) is 12.0 Å². The van der Waals surface area contributed by atoms with Gasteiger partial charge in [-0.15, -0.1) is 0 Å². The van der Waals surface area contributed by atoms with Crippen molar-refractivity contribution < 1.29 is 14.3 Å². The molecular weight excluding hydrogens is 286 g/mol.